The number of phenolic OH excluding ortho intramolecular Hbond substituents is 1. The molecule has 1 aromatic carbocycles. The van der Waals surface area contributed by atoms with Gasteiger partial charge in [0.15, 0.2) is 0 Å². The molecule has 0 radical (unpaired) electrons. The minimum Gasteiger partial charge on any atom is -0.508 e. The lowest BCUT2D eigenvalue weighted by Crippen LogP contribution is -2.35. The van der Waals surface area contributed by atoms with Gasteiger partial charge in [-0.2, -0.15) is 0 Å². The van der Waals surface area contributed by atoms with Crippen LogP contribution in [0.3, 0.4) is 0 Å². The quantitative estimate of drug-likeness (QED) is 0.624. The molecule has 3 aromatic rings. The van der Waals surface area contributed by atoms with Gasteiger partial charge in [0.1, 0.15) is 12.4 Å². The molecule has 1 aliphatic heterocycles. The van der Waals surface area contributed by atoms with Gasteiger partial charge < -0.3 is 15.2 Å². The van der Waals surface area contributed by atoms with Gasteiger partial charge in [-0.25, -0.2) is 4.98 Å². The maximum absolute atomic E-state index is 9.92. The molecule has 0 unspecified atom stereocenters. The fourth-order valence-electron chi connectivity index (χ4n) is 3.43. The fourth-order valence-corrected chi connectivity index (χ4v) is 4.27. The van der Waals surface area contributed by atoms with Gasteiger partial charge in [-0.15, -0.1) is 11.3 Å². The van der Waals surface area contributed by atoms with E-state index in [1.165, 1.54) is 4.88 Å². The monoisotopic (exact) mass is 365 g/mol. The third-order valence-electron chi connectivity index (χ3n) is 4.54. The van der Waals surface area contributed by atoms with E-state index in [1.54, 1.807) is 23.7 Å². The summed E-state index contributed by atoms with van der Waals surface area (Å²) in [5.74, 6) is 5.91. The summed E-state index contributed by atoms with van der Waals surface area (Å²) >= 11 is 1.67. The van der Waals surface area contributed by atoms with E-state index in [2.05, 4.69) is 32.8 Å². The standard InChI is InChI=1S/C20H19N3O2S/c24-8-2-3-14-9-17(26-12-14)11-23-7-6-18-19(22-13-21-18)20(23)15-4-1-5-16(25)10-15/h1,4-5,9-10,12-13,20,24-25H,6-8,11H2,(H,21,22)/t20-/m0/s1. The molecule has 0 amide bonds. The summed E-state index contributed by atoms with van der Waals surface area (Å²) in [4.78, 5) is 11.4. The van der Waals surface area contributed by atoms with Gasteiger partial charge >= 0.3 is 0 Å². The molecule has 5 nitrogen and oxygen atoms in total. The number of fused-ring (bicyclic) bond motifs is 1. The van der Waals surface area contributed by atoms with E-state index in [4.69, 9.17) is 5.11 Å². The smallest absolute Gasteiger partial charge is 0.115 e. The Morgan fingerprint density at radius 3 is 3.12 bits per heavy atom. The lowest BCUT2D eigenvalue weighted by atomic mass is 9.95. The zero-order chi connectivity index (χ0) is 17.9. The van der Waals surface area contributed by atoms with E-state index in [-0.39, 0.29) is 18.4 Å². The third kappa shape index (κ3) is 3.37. The number of thiophene rings is 1. The van der Waals surface area contributed by atoms with Crippen molar-refractivity contribution in [2.45, 2.75) is 19.0 Å². The van der Waals surface area contributed by atoms with Crippen LogP contribution < -0.4 is 0 Å². The number of nitrogens with zero attached hydrogens (tertiary/aromatic N) is 2. The van der Waals surface area contributed by atoms with Crippen LogP contribution in [0.25, 0.3) is 0 Å². The molecule has 3 N–H and O–H groups in total. The molecular weight excluding hydrogens is 346 g/mol. The average molecular weight is 365 g/mol. The van der Waals surface area contributed by atoms with Gasteiger partial charge in [0, 0.05) is 41.0 Å². The molecule has 1 atom stereocenters. The summed E-state index contributed by atoms with van der Waals surface area (Å²) in [6.07, 6.45) is 2.67. The summed E-state index contributed by atoms with van der Waals surface area (Å²) in [7, 11) is 0. The normalized spacial score (nSPS) is 16.7. The Bertz CT molecular complexity index is 967. The molecule has 0 saturated carbocycles. The van der Waals surface area contributed by atoms with Crippen molar-refractivity contribution in [3.63, 3.8) is 0 Å². The van der Waals surface area contributed by atoms with Gasteiger partial charge in [0.05, 0.1) is 18.1 Å². The number of aromatic hydroxyl groups is 1. The number of aliphatic hydroxyl groups excluding tert-OH is 1. The summed E-state index contributed by atoms with van der Waals surface area (Å²) in [6.45, 7) is 1.57. The lowest BCUT2D eigenvalue weighted by molar-refractivity contribution is 0.202. The topological polar surface area (TPSA) is 72.4 Å². The van der Waals surface area contributed by atoms with Crippen molar-refractivity contribution in [1.82, 2.24) is 14.9 Å². The van der Waals surface area contributed by atoms with Crippen LogP contribution in [0.5, 0.6) is 5.75 Å². The van der Waals surface area contributed by atoms with Crippen molar-refractivity contribution in [2.75, 3.05) is 13.2 Å². The molecule has 2 aromatic heterocycles. The summed E-state index contributed by atoms with van der Waals surface area (Å²) in [6, 6.07) is 9.49. The molecule has 0 spiro atoms. The maximum Gasteiger partial charge on any atom is 0.115 e. The number of aromatic amines is 1. The van der Waals surface area contributed by atoms with Crippen LogP contribution in [0, 0.1) is 11.8 Å². The average Bonchev–Trinajstić information content (AvgIpc) is 3.29. The Morgan fingerprint density at radius 2 is 2.27 bits per heavy atom. The number of phenols is 1. The molecule has 0 fully saturated rings. The van der Waals surface area contributed by atoms with Gasteiger partial charge in [0.25, 0.3) is 0 Å². The van der Waals surface area contributed by atoms with Crippen molar-refractivity contribution in [1.29, 1.82) is 0 Å². The number of imidazole rings is 1. The van der Waals surface area contributed by atoms with Crippen molar-refractivity contribution in [2.24, 2.45) is 0 Å². The number of H-pyrrole nitrogens is 1. The van der Waals surface area contributed by atoms with E-state index >= 15 is 0 Å². The van der Waals surface area contributed by atoms with Crippen LogP contribution in [0.15, 0.2) is 42.0 Å². The predicted octanol–water partition coefficient (Wildman–Crippen LogP) is 2.67. The molecule has 0 saturated heterocycles. The maximum atomic E-state index is 9.92. The molecule has 132 valence electrons. The largest absolute Gasteiger partial charge is 0.508 e. The van der Waals surface area contributed by atoms with Crippen molar-refractivity contribution in [3.05, 3.63) is 69.4 Å². The fraction of sp³-hybridized carbons (Fsp3) is 0.250. The molecule has 26 heavy (non-hydrogen) atoms. The highest BCUT2D eigenvalue weighted by molar-refractivity contribution is 7.10. The molecule has 4 rings (SSSR count). The second-order valence-electron chi connectivity index (χ2n) is 6.25. The molecular formula is C20H19N3O2S. The van der Waals surface area contributed by atoms with Crippen molar-refractivity contribution >= 4 is 11.3 Å². The second-order valence-corrected chi connectivity index (χ2v) is 7.24. The Balaban J connectivity index is 1.65. The van der Waals surface area contributed by atoms with Gasteiger partial charge in [-0.1, -0.05) is 24.0 Å². The number of hydrogen-bond donors (Lipinski definition) is 3. The molecule has 0 aliphatic carbocycles. The first kappa shape index (κ1) is 16.9. The first-order valence-electron chi connectivity index (χ1n) is 8.47. The molecule has 6 heteroatoms. The van der Waals surface area contributed by atoms with E-state index in [1.807, 2.05) is 23.6 Å². The highest BCUT2D eigenvalue weighted by Gasteiger charge is 2.31. The summed E-state index contributed by atoms with van der Waals surface area (Å²) in [5.41, 5.74) is 4.16. The number of nitrogens with one attached hydrogen (secondary N) is 1. The lowest BCUT2D eigenvalue weighted by Gasteiger charge is -2.35. The third-order valence-corrected chi connectivity index (χ3v) is 5.46. The van der Waals surface area contributed by atoms with Crippen LogP contribution in [-0.2, 0) is 13.0 Å². The Labute approximate surface area is 156 Å². The zero-order valence-corrected chi connectivity index (χ0v) is 15.0. The van der Waals surface area contributed by atoms with E-state index in [0.717, 1.165) is 42.0 Å². The minimum absolute atomic E-state index is 0.00572. The van der Waals surface area contributed by atoms with Gasteiger partial charge in [-0.3, -0.25) is 4.90 Å². The first-order chi connectivity index (χ1) is 12.7. The zero-order valence-electron chi connectivity index (χ0n) is 14.1. The number of hydrogen-bond acceptors (Lipinski definition) is 5. The van der Waals surface area contributed by atoms with E-state index < -0.39 is 0 Å². The molecule has 3 heterocycles. The van der Waals surface area contributed by atoms with Crippen molar-refractivity contribution < 1.29 is 10.2 Å². The van der Waals surface area contributed by atoms with Crippen LogP contribution in [0.4, 0.5) is 0 Å². The Kier molecular flexibility index (Phi) is 4.76. The molecule has 0 bridgehead atoms. The Hall–Kier alpha value is -2.59. The highest BCUT2D eigenvalue weighted by atomic mass is 32.1. The predicted molar refractivity (Wildman–Crippen MR) is 101 cm³/mol. The van der Waals surface area contributed by atoms with Crippen LogP contribution >= 0.6 is 11.3 Å². The first-order valence-corrected chi connectivity index (χ1v) is 9.35. The minimum atomic E-state index is -0.126. The second kappa shape index (κ2) is 7.34. The SMILES string of the molecule is OCC#Cc1csc(CN2CCc3[nH]cnc3[C@@H]2c2cccc(O)c2)c1. The van der Waals surface area contributed by atoms with Crippen LogP contribution in [-0.4, -0.2) is 38.2 Å². The van der Waals surface area contributed by atoms with E-state index in [9.17, 15) is 5.11 Å². The van der Waals surface area contributed by atoms with Gasteiger partial charge in [0.2, 0.25) is 0 Å². The van der Waals surface area contributed by atoms with Crippen molar-refractivity contribution in [3.8, 4) is 17.6 Å². The van der Waals surface area contributed by atoms with Crippen LogP contribution in [0.1, 0.15) is 33.4 Å². The number of benzene rings is 1. The van der Waals surface area contributed by atoms with Crippen LogP contribution in [0.2, 0.25) is 0 Å². The summed E-state index contributed by atoms with van der Waals surface area (Å²) in [5, 5.41) is 20.8. The summed E-state index contributed by atoms with van der Waals surface area (Å²) < 4.78 is 0. The number of rotatable bonds is 3. The highest BCUT2D eigenvalue weighted by Crippen LogP contribution is 2.36. The van der Waals surface area contributed by atoms with E-state index in [0.29, 0.717) is 0 Å². The molecule has 1 aliphatic rings. The Morgan fingerprint density at radius 1 is 1.35 bits per heavy atom. The number of aromatic nitrogens is 2. The number of aliphatic hydroxyl groups is 1. The van der Waals surface area contributed by atoms with Gasteiger partial charge in [-0.05, 0) is 23.8 Å².